The normalized spacial score (nSPS) is 12.4. The Morgan fingerprint density at radius 2 is 1.04 bits per heavy atom. The zero-order chi connectivity index (χ0) is 19.7. The van der Waals surface area contributed by atoms with Crippen molar-refractivity contribution in [2.24, 2.45) is 0 Å². The van der Waals surface area contributed by atoms with Crippen molar-refractivity contribution in [1.82, 2.24) is 0 Å². The predicted molar refractivity (Wildman–Crippen MR) is 118 cm³/mol. The summed E-state index contributed by atoms with van der Waals surface area (Å²) in [7, 11) is 0. The Hall–Kier alpha value is -2.34. The van der Waals surface area contributed by atoms with E-state index in [4.69, 9.17) is 0 Å². The van der Waals surface area contributed by atoms with E-state index in [1.165, 1.54) is 27.8 Å². The summed E-state index contributed by atoms with van der Waals surface area (Å²) >= 11 is 0. The first-order valence-corrected chi connectivity index (χ1v) is 10.0. The molecule has 0 unspecified atom stereocenters. The molecule has 0 fully saturated rings. The summed E-state index contributed by atoms with van der Waals surface area (Å²) in [5.41, 5.74) is 6.94. The highest BCUT2D eigenvalue weighted by molar-refractivity contribution is 5.53. The zero-order valence-electron chi connectivity index (χ0n) is 17.6. The Kier molecular flexibility index (Phi) is 5.29. The van der Waals surface area contributed by atoms with E-state index in [9.17, 15) is 0 Å². The maximum Gasteiger partial charge on any atom is 0.0152 e. The SMILES string of the molecule is CC(C)c1cccc(C(C)(C)c2ccccc2)c1C(C)(C)c1ccccc1. The van der Waals surface area contributed by atoms with Crippen LogP contribution in [0.4, 0.5) is 0 Å². The highest BCUT2D eigenvalue weighted by Crippen LogP contribution is 2.44. The average Bonchev–Trinajstić information content (AvgIpc) is 2.68. The average molecular weight is 357 g/mol. The number of rotatable bonds is 5. The van der Waals surface area contributed by atoms with Crippen molar-refractivity contribution in [2.45, 2.75) is 58.3 Å². The Labute approximate surface area is 165 Å². The molecular weight excluding hydrogens is 324 g/mol. The zero-order valence-corrected chi connectivity index (χ0v) is 17.6. The highest BCUT2D eigenvalue weighted by atomic mass is 14.4. The van der Waals surface area contributed by atoms with Gasteiger partial charge in [0, 0.05) is 10.8 Å². The van der Waals surface area contributed by atoms with Gasteiger partial charge in [-0.05, 0) is 33.7 Å². The van der Waals surface area contributed by atoms with Crippen molar-refractivity contribution in [2.75, 3.05) is 0 Å². The molecule has 140 valence electrons. The minimum absolute atomic E-state index is 0.0620. The van der Waals surface area contributed by atoms with Gasteiger partial charge in [0.05, 0.1) is 0 Å². The van der Waals surface area contributed by atoms with E-state index in [1.54, 1.807) is 0 Å². The van der Waals surface area contributed by atoms with Crippen LogP contribution >= 0.6 is 0 Å². The van der Waals surface area contributed by atoms with Gasteiger partial charge in [0.15, 0.2) is 0 Å². The second kappa shape index (κ2) is 7.35. The highest BCUT2D eigenvalue weighted by Gasteiger charge is 2.35. The molecule has 0 saturated carbocycles. The molecule has 0 aliphatic rings. The monoisotopic (exact) mass is 356 g/mol. The van der Waals surface area contributed by atoms with E-state index < -0.39 is 0 Å². The molecule has 0 nitrogen and oxygen atoms in total. The van der Waals surface area contributed by atoms with Crippen molar-refractivity contribution >= 4 is 0 Å². The van der Waals surface area contributed by atoms with E-state index >= 15 is 0 Å². The Morgan fingerprint density at radius 3 is 1.52 bits per heavy atom. The Bertz CT molecular complexity index is 884. The molecule has 3 aromatic rings. The van der Waals surface area contributed by atoms with Gasteiger partial charge in [-0.1, -0.05) is 120 Å². The molecule has 3 aromatic carbocycles. The number of benzene rings is 3. The van der Waals surface area contributed by atoms with Crippen LogP contribution in [0.2, 0.25) is 0 Å². The third kappa shape index (κ3) is 3.58. The fraction of sp³-hybridized carbons (Fsp3) is 0.333. The minimum Gasteiger partial charge on any atom is -0.0622 e. The maximum atomic E-state index is 2.37. The molecular formula is C27H32. The van der Waals surface area contributed by atoms with Gasteiger partial charge in [-0.2, -0.15) is 0 Å². The van der Waals surface area contributed by atoms with Crippen LogP contribution in [0.5, 0.6) is 0 Å². The van der Waals surface area contributed by atoms with Crippen LogP contribution in [0.15, 0.2) is 78.9 Å². The van der Waals surface area contributed by atoms with E-state index in [2.05, 4.69) is 120 Å². The van der Waals surface area contributed by atoms with Gasteiger partial charge in [0.25, 0.3) is 0 Å². The first-order chi connectivity index (χ1) is 12.8. The second-order valence-electron chi connectivity index (χ2n) is 8.91. The standard InChI is InChI=1S/C27H32/c1-20(2)23-18-13-19-24(26(3,4)21-14-9-7-10-15-21)25(23)27(5,6)22-16-11-8-12-17-22/h7-20H,1-6H3. The molecule has 0 bridgehead atoms. The van der Waals surface area contributed by atoms with Crippen LogP contribution < -0.4 is 0 Å². The van der Waals surface area contributed by atoms with E-state index in [-0.39, 0.29) is 10.8 Å². The van der Waals surface area contributed by atoms with Crippen molar-refractivity contribution in [3.05, 3.63) is 107 Å². The minimum atomic E-state index is -0.0660. The molecule has 0 atom stereocenters. The van der Waals surface area contributed by atoms with Crippen LogP contribution in [-0.2, 0) is 10.8 Å². The summed E-state index contributed by atoms with van der Waals surface area (Å²) in [6.07, 6.45) is 0. The maximum absolute atomic E-state index is 2.37. The lowest BCUT2D eigenvalue weighted by atomic mass is 9.66. The molecule has 0 aliphatic carbocycles. The molecule has 0 saturated heterocycles. The first-order valence-electron chi connectivity index (χ1n) is 10.0. The van der Waals surface area contributed by atoms with E-state index in [0.717, 1.165) is 0 Å². The second-order valence-corrected chi connectivity index (χ2v) is 8.91. The van der Waals surface area contributed by atoms with Crippen LogP contribution in [-0.4, -0.2) is 0 Å². The Morgan fingerprint density at radius 1 is 0.556 bits per heavy atom. The summed E-state index contributed by atoms with van der Waals surface area (Å²) in [5, 5.41) is 0. The van der Waals surface area contributed by atoms with E-state index in [1.807, 2.05) is 0 Å². The lowest BCUT2D eigenvalue weighted by Gasteiger charge is -2.38. The van der Waals surface area contributed by atoms with Crippen LogP contribution in [0.3, 0.4) is 0 Å². The van der Waals surface area contributed by atoms with Gasteiger partial charge in [0.2, 0.25) is 0 Å². The van der Waals surface area contributed by atoms with Crippen molar-refractivity contribution in [1.29, 1.82) is 0 Å². The molecule has 0 spiro atoms. The molecule has 0 heteroatoms. The largest absolute Gasteiger partial charge is 0.0622 e. The summed E-state index contributed by atoms with van der Waals surface area (Å²) < 4.78 is 0. The van der Waals surface area contributed by atoms with Gasteiger partial charge < -0.3 is 0 Å². The molecule has 0 amide bonds. The van der Waals surface area contributed by atoms with Gasteiger partial charge in [-0.3, -0.25) is 0 Å². The smallest absolute Gasteiger partial charge is 0.0152 e. The molecule has 3 rings (SSSR count). The number of hydrogen-bond donors (Lipinski definition) is 0. The van der Waals surface area contributed by atoms with Crippen LogP contribution in [0.25, 0.3) is 0 Å². The first kappa shape index (κ1) is 19.4. The third-order valence-electron chi connectivity index (χ3n) is 6.01. The quantitative estimate of drug-likeness (QED) is 0.445. The van der Waals surface area contributed by atoms with Gasteiger partial charge in [-0.15, -0.1) is 0 Å². The topological polar surface area (TPSA) is 0 Å². The van der Waals surface area contributed by atoms with Gasteiger partial charge >= 0.3 is 0 Å². The molecule has 27 heavy (non-hydrogen) atoms. The predicted octanol–water partition coefficient (Wildman–Crippen LogP) is 7.46. The molecule has 0 heterocycles. The van der Waals surface area contributed by atoms with Crippen molar-refractivity contribution < 1.29 is 0 Å². The molecule has 0 radical (unpaired) electrons. The Balaban J connectivity index is 2.30. The lowest BCUT2D eigenvalue weighted by Crippen LogP contribution is -2.29. The van der Waals surface area contributed by atoms with Gasteiger partial charge in [-0.25, -0.2) is 0 Å². The number of hydrogen-bond acceptors (Lipinski definition) is 0. The summed E-state index contributed by atoms with van der Waals surface area (Å²) in [4.78, 5) is 0. The fourth-order valence-electron chi connectivity index (χ4n) is 4.28. The third-order valence-corrected chi connectivity index (χ3v) is 6.01. The van der Waals surface area contributed by atoms with E-state index in [0.29, 0.717) is 5.92 Å². The lowest BCUT2D eigenvalue weighted by molar-refractivity contribution is 0.567. The molecule has 0 N–H and O–H groups in total. The van der Waals surface area contributed by atoms with Crippen molar-refractivity contribution in [3.8, 4) is 0 Å². The summed E-state index contributed by atoms with van der Waals surface area (Å²) in [6.45, 7) is 14.1. The molecule has 0 aliphatic heterocycles. The van der Waals surface area contributed by atoms with Crippen LogP contribution in [0.1, 0.15) is 75.3 Å². The fourth-order valence-corrected chi connectivity index (χ4v) is 4.28. The molecule has 0 aromatic heterocycles. The van der Waals surface area contributed by atoms with Gasteiger partial charge in [0.1, 0.15) is 0 Å². The van der Waals surface area contributed by atoms with Crippen molar-refractivity contribution in [3.63, 3.8) is 0 Å². The van der Waals surface area contributed by atoms with Crippen LogP contribution in [0, 0.1) is 0 Å². The summed E-state index contributed by atoms with van der Waals surface area (Å²) in [5.74, 6) is 0.481. The summed E-state index contributed by atoms with van der Waals surface area (Å²) in [6, 6.07) is 28.7.